The van der Waals surface area contributed by atoms with Crippen LogP contribution in [0.2, 0.25) is 0 Å². The van der Waals surface area contributed by atoms with Crippen LogP contribution in [0.3, 0.4) is 0 Å². The summed E-state index contributed by atoms with van der Waals surface area (Å²) in [5.41, 5.74) is -1.29. The minimum atomic E-state index is -4.15. The number of halogens is 1. The lowest BCUT2D eigenvalue weighted by Gasteiger charge is -2.16. The molecule has 0 amide bonds. The lowest BCUT2D eigenvalue weighted by atomic mass is 9.97. The third-order valence-corrected chi connectivity index (χ3v) is 3.91. The number of hydrogen-bond acceptors (Lipinski definition) is 4. The van der Waals surface area contributed by atoms with Gasteiger partial charge >= 0.3 is 5.97 Å². The number of nitrogens with zero attached hydrogens (tertiary/aromatic N) is 1. The Morgan fingerprint density at radius 3 is 2.55 bits per heavy atom. The van der Waals surface area contributed by atoms with Gasteiger partial charge in [0, 0.05) is 6.54 Å². The van der Waals surface area contributed by atoms with E-state index in [2.05, 4.69) is 4.72 Å². The van der Waals surface area contributed by atoms with Gasteiger partial charge in [-0.2, -0.15) is 5.26 Å². The van der Waals surface area contributed by atoms with Gasteiger partial charge in [-0.25, -0.2) is 22.3 Å². The first-order valence-corrected chi connectivity index (χ1v) is 7.01. The van der Waals surface area contributed by atoms with Gasteiger partial charge in [-0.1, -0.05) is 0 Å². The van der Waals surface area contributed by atoms with Gasteiger partial charge in [-0.05, 0) is 32.0 Å². The Labute approximate surface area is 115 Å². The summed E-state index contributed by atoms with van der Waals surface area (Å²) in [4.78, 5) is 9.99. The summed E-state index contributed by atoms with van der Waals surface area (Å²) in [7, 11) is -4.15. The first-order chi connectivity index (χ1) is 9.09. The van der Waals surface area contributed by atoms with Crippen LogP contribution in [0.4, 0.5) is 4.39 Å². The summed E-state index contributed by atoms with van der Waals surface area (Å²) in [6.45, 7) is 2.87. The number of nitriles is 1. The Bertz CT molecular complexity index is 677. The fourth-order valence-corrected chi connectivity index (χ4v) is 2.51. The zero-order valence-corrected chi connectivity index (χ0v) is 11.7. The quantitative estimate of drug-likeness (QED) is 0.853. The number of carboxylic acid groups (broad SMARTS) is 1. The molecule has 1 aromatic carbocycles. The van der Waals surface area contributed by atoms with Gasteiger partial charge < -0.3 is 5.11 Å². The number of sulfonamides is 1. The normalized spacial score (nSPS) is 11.9. The Hall–Kier alpha value is -1.98. The lowest BCUT2D eigenvalue weighted by molar-refractivity contribution is 0.0696. The predicted molar refractivity (Wildman–Crippen MR) is 67.9 cm³/mol. The zero-order chi connectivity index (χ0) is 15.6. The summed E-state index contributed by atoms with van der Waals surface area (Å²) in [6, 6.07) is 4.41. The van der Waals surface area contributed by atoms with Crippen molar-refractivity contribution in [3.63, 3.8) is 0 Å². The molecule has 1 aromatic rings. The average Bonchev–Trinajstić information content (AvgIpc) is 2.36. The highest BCUT2D eigenvalue weighted by Gasteiger charge is 2.24. The highest BCUT2D eigenvalue weighted by atomic mass is 32.2. The first kappa shape index (κ1) is 16.1. The predicted octanol–water partition coefficient (Wildman–Crippen LogP) is 1.35. The minimum absolute atomic E-state index is 0.189. The second-order valence-electron chi connectivity index (χ2n) is 4.77. The number of hydrogen-bond donors (Lipinski definition) is 2. The van der Waals surface area contributed by atoms with Gasteiger partial charge in [-0.15, -0.1) is 0 Å². The van der Waals surface area contributed by atoms with Crippen LogP contribution in [0.5, 0.6) is 0 Å². The Kier molecular flexibility index (Phi) is 4.47. The average molecular weight is 300 g/mol. The molecule has 20 heavy (non-hydrogen) atoms. The van der Waals surface area contributed by atoms with E-state index in [9.17, 15) is 17.6 Å². The zero-order valence-electron chi connectivity index (χ0n) is 10.8. The van der Waals surface area contributed by atoms with E-state index in [0.717, 1.165) is 12.1 Å². The second kappa shape index (κ2) is 5.56. The SMILES string of the molecule is CC(C)(C#N)CNS(=O)(=O)c1ccc(C(=O)O)cc1F. The molecular formula is C12H13FN2O4S. The van der Waals surface area contributed by atoms with Crippen molar-refractivity contribution in [2.75, 3.05) is 6.54 Å². The van der Waals surface area contributed by atoms with E-state index in [1.165, 1.54) is 13.8 Å². The molecule has 6 nitrogen and oxygen atoms in total. The van der Waals surface area contributed by atoms with Crippen LogP contribution < -0.4 is 4.72 Å². The van der Waals surface area contributed by atoms with E-state index in [4.69, 9.17) is 10.4 Å². The van der Waals surface area contributed by atoms with E-state index >= 15 is 0 Å². The lowest BCUT2D eigenvalue weighted by Crippen LogP contribution is -2.33. The molecule has 108 valence electrons. The van der Waals surface area contributed by atoms with Gasteiger partial charge in [0.05, 0.1) is 17.0 Å². The molecule has 0 unspecified atom stereocenters. The number of benzene rings is 1. The highest BCUT2D eigenvalue weighted by Crippen LogP contribution is 2.18. The molecule has 0 aromatic heterocycles. The van der Waals surface area contributed by atoms with E-state index in [1.807, 2.05) is 6.07 Å². The molecule has 0 saturated heterocycles. The fourth-order valence-electron chi connectivity index (χ4n) is 1.24. The number of carboxylic acids is 1. The maximum absolute atomic E-state index is 13.7. The van der Waals surface area contributed by atoms with Crippen molar-refractivity contribution in [1.29, 1.82) is 5.26 Å². The minimum Gasteiger partial charge on any atom is -0.478 e. The summed E-state index contributed by atoms with van der Waals surface area (Å²) in [5, 5.41) is 17.5. The summed E-state index contributed by atoms with van der Waals surface area (Å²) >= 11 is 0. The van der Waals surface area contributed by atoms with Gasteiger partial charge in [0.2, 0.25) is 10.0 Å². The van der Waals surface area contributed by atoms with Crippen molar-refractivity contribution < 1.29 is 22.7 Å². The third kappa shape index (κ3) is 3.76. The smallest absolute Gasteiger partial charge is 0.335 e. The molecule has 0 aliphatic rings. The van der Waals surface area contributed by atoms with E-state index in [1.54, 1.807) is 0 Å². The molecule has 0 spiro atoms. The van der Waals surface area contributed by atoms with Crippen molar-refractivity contribution in [2.24, 2.45) is 5.41 Å². The van der Waals surface area contributed by atoms with Crippen LogP contribution in [0.1, 0.15) is 24.2 Å². The molecule has 0 aliphatic carbocycles. The van der Waals surface area contributed by atoms with Gasteiger partial charge in [0.1, 0.15) is 10.7 Å². The molecule has 1 rings (SSSR count). The highest BCUT2D eigenvalue weighted by molar-refractivity contribution is 7.89. The summed E-state index contributed by atoms with van der Waals surface area (Å²) in [5.74, 6) is -2.52. The maximum atomic E-state index is 13.7. The fraction of sp³-hybridized carbons (Fsp3) is 0.333. The standard InChI is InChI=1S/C12H13FN2O4S/c1-12(2,6-14)7-15-20(18,19)10-4-3-8(11(16)17)5-9(10)13/h3-5,15H,7H2,1-2H3,(H,16,17). The van der Waals surface area contributed by atoms with Crippen LogP contribution in [-0.2, 0) is 10.0 Å². The molecule has 0 radical (unpaired) electrons. The molecule has 0 bridgehead atoms. The molecule has 8 heteroatoms. The molecule has 0 saturated carbocycles. The third-order valence-electron chi connectivity index (χ3n) is 2.48. The Morgan fingerprint density at radius 1 is 1.50 bits per heavy atom. The summed E-state index contributed by atoms with van der Waals surface area (Å²) in [6.07, 6.45) is 0. The van der Waals surface area contributed by atoms with Crippen molar-refractivity contribution in [3.05, 3.63) is 29.6 Å². The number of aromatic carboxylic acids is 1. The maximum Gasteiger partial charge on any atom is 0.335 e. The molecule has 0 fully saturated rings. The Balaban J connectivity index is 3.06. The largest absolute Gasteiger partial charge is 0.478 e. The van der Waals surface area contributed by atoms with Crippen LogP contribution in [-0.4, -0.2) is 26.0 Å². The van der Waals surface area contributed by atoms with Crippen LogP contribution in [0, 0.1) is 22.6 Å². The van der Waals surface area contributed by atoms with Gasteiger partial charge in [0.15, 0.2) is 0 Å². The molecule has 0 atom stereocenters. The molecule has 0 heterocycles. The number of nitrogens with one attached hydrogen (secondary N) is 1. The topological polar surface area (TPSA) is 107 Å². The first-order valence-electron chi connectivity index (χ1n) is 5.53. The summed E-state index contributed by atoms with van der Waals surface area (Å²) < 4.78 is 39.6. The van der Waals surface area contributed by atoms with Gasteiger partial charge in [-0.3, -0.25) is 0 Å². The molecule has 0 aliphatic heterocycles. The van der Waals surface area contributed by atoms with E-state index < -0.39 is 32.1 Å². The van der Waals surface area contributed by atoms with Crippen molar-refractivity contribution in [3.8, 4) is 6.07 Å². The van der Waals surface area contributed by atoms with Crippen LogP contribution in [0.25, 0.3) is 0 Å². The Morgan fingerprint density at radius 2 is 2.10 bits per heavy atom. The van der Waals surface area contributed by atoms with E-state index in [0.29, 0.717) is 6.07 Å². The van der Waals surface area contributed by atoms with Gasteiger partial charge in [0.25, 0.3) is 0 Å². The van der Waals surface area contributed by atoms with Crippen LogP contribution in [0.15, 0.2) is 23.1 Å². The van der Waals surface area contributed by atoms with E-state index in [-0.39, 0.29) is 12.1 Å². The number of carbonyl (C=O) groups is 1. The van der Waals surface area contributed by atoms with Crippen molar-refractivity contribution >= 4 is 16.0 Å². The molecular weight excluding hydrogens is 287 g/mol. The number of rotatable bonds is 5. The van der Waals surface area contributed by atoms with Crippen LogP contribution >= 0.6 is 0 Å². The second-order valence-corrected chi connectivity index (χ2v) is 6.51. The monoisotopic (exact) mass is 300 g/mol. The van der Waals surface area contributed by atoms with Crippen molar-refractivity contribution in [1.82, 2.24) is 4.72 Å². The van der Waals surface area contributed by atoms with Crippen molar-refractivity contribution in [2.45, 2.75) is 18.7 Å². The molecule has 2 N–H and O–H groups in total.